The van der Waals surface area contributed by atoms with Gasteiger partial charge in [-0.1, -0.05) is 81.7 Å². The predicted octanol–water partition coefficient (Wildman–Crippen LogP) is 13.0. The van der Waals surface area contributed by atoms with Crippen LogP contribution in [0.15, 0.2) is 234 Å². The summed E-state index contributed by atoms with van der Waals surface area (Å²) in [5.41, 5.74) is 29.3. The number of para-hydroxylation sites is 1. The van der Waals surface area contributed by atoms with Crippen molar-refractivity contribution in [2.45, 2.75) is 155 Å². The van der Waals surface area contributed by atoms with E-state index in [1.165, 1.54) is 6.07 Å². The number of amidine groups is 2. The molecule has 11 atom stereocenters. The molecule has 7 heterocycles. The van der Waals surface area contributed by atoms with Gasteiger partial charge in [-0.2, -0.15) is 0 Å². The molecule has 0 aromatic heterocycles. The zero-order valence-corrected chi connectivity index (χ0v) is 84.6. The Bertz CT molecular complexity index is 5450. The first-order chi connectivity index (χ1) is 64.0. The van der Waals surface area contributed by atoms with Gasteiger partial charge in [0.05, 0.1) is 92.5 Å². The van der Waals surface area contributed by atoms with E-state index in [0.717, 1.165) is 63.3 Å². The molecule has 135 heavy (non-hydrogen) atoms. The monoisotopic (exact) mass is 1960 g/mol. The van der Waals surface area contributed by atoms with Crippen LogP contribution in [0.25, 0.3) is 0 Å². The Hall–Kier alpha value is -12.7. The highest BCUT2D eigenvalue weighted by molar-refractivity contribution is 6.32. The Morgan fingerprint density at radius 3 is 1.05 bits per heavy atom. The molecular weight excluding hydrogens is 1840 g/mol. The summed E-state index contributed by atoms with van der Waals surface area (Å²) in [6.07, 6.45) is 1.33. The molecule has 0 bridgehead atoms. The Balaban J connectivity index is 0.000000194. The van der Waals surface area contributed by atoms with Crippen molar-refractivity contribution in [1.29, 1.82) is 0 Å². The number of rotatable bonds is 9. The topological polar surface area (TPSA) is 457 Å². The van der Waals surface area contributed by atoms with Crippen molar-refractivity contribution in [3.63, 3.8) is 0 Å². The van der Waals surface area contributed by atoms with E-state index in [2.05, 4.69) is 146 Å². The molecule has 11 unspecified atom stereocenters. The third kappa shape index (κ3) is 36.5. The summed E-state index contributed by atoms with van der Waals surface area (Å²) in [6, 6.07) is 51.0. The van der Waals surface area contributed by atoms with Gasteiger partial charge in [0.2, 0.25) is 41.7 Å². The second kappa shape index (κ2) is 52.8. The van der Waals surface area contributed by atoms with Crippen molar-refractivity contribution in [1.82, 2.24) is 51.5 Å². The van der Waals surface area contributed by atoms with Gasteiger partial charge < -0.3 is 83.8 Å². The fourth-order valence-corrected chi connectivity index (χ4v) is 13.1. The first-order valence-corrected chi connectivity index (χ1v) is 46.2. The van der Waals surface area contributed by atoms with E-state index in [-0.39, 0.29) is 78.0 Å². The number of phenolic OH excluding ortho intramolecular Hbond substituents is 2. The van der Waals surface area contributed by atoms with Crippen molar-refractivity contribution in [3.8, 4) is 11.5 Å². The Kier molecular flexibility index (Phi) is 42.1. The number of likely N-dealkylation sites (N-methyl/N-ethyl adjacent to an activating group) is 1. The number of anilines is 6. The van der Waals surface area contributed by atoms with Gasteiger partial charge in [0.1, 0.15) is 11.7 Å². The van der Waals surface area contributed by atoms with Crippen LogP contribution < -0.4 is 85.9 Å². The third-order valence-electron chi connectivity index (χ3n) is 21.0. The zero-order chi connectivity index (χ0) is 98.9. The summed E-state index contributed by atoms with van der Waals surface area (Å²) in [6.45, 7) is 24.9. The normalized spacial score (nSPS) is 21.1. The molecule has 7 aliphatic heterocycles. The fraction of sp³-hybridized carbons (Fsp3) is 0.398. The summed E-state index contributed by atoms with van der Waals surface area (Å²) < 4.78 is 0. The molecule has 0 saturated carbocycles. The van der Waals surface area contributed by atoms with Crippen molar-refractivity contribution >= 4 is 187 Å². The Morgan fingerprint density at radius 1 is 0.319 bits per heavy atom. The van der Waals surface area contributed by atoms with Gasteiger partial charge in [0, 0.05) is 134 Å². The first-order valence-electron chi connectivity index (χ1n) is 43.9. The van der Waals surface area contributed by atoms with Crippen molar-refractivity contribution in [2.24, 2.45) is 92.8 Å². The highest BCUT2D eigenvalue weighted by Crippen LogP contribution is 2.30. The molecule has 7 aromatic rings. The summed E-state index contributed by atoms with van der Waals surface area (Å²) in [7, 11) is 17.7. The molecular formula is C93H130Cl6N34O2. The molecule has 36 nitrogen and oxygen atoms in total. The van der Waals surface area contributed by atoms with Crippen molar-refractivity contribution in [3.05, 3.63) is 199 Å². The molecule has 42 heteroatoms. The molecule has 20 N–H and O–H groups in total. The lowest BCUT2D eigenvalue weighted by Gasteiger charge is -2.23. The highest BCUT2D eigenvalue weighted by Gasteiger charge is 2.26. The second-order valence-electron chi connectivity index (χ2n) is 33.1. The number of aromatic hydroxyl groups is 2. The number of hydrogen-bond donors (Lipinski definition) is 16. The largest absolute Gasteiger partial charge is 0.504 e. The SMILES string of the molecule is CC1CN=C(N(C)C)NC(Nc2ccc(Cl)cc2)=N1.CC1CN=C(N)NC(N(C)c2ccc(Cl)cc2)=N1.CC1CN=C(N)NC(Nc2ccc(Cl)cc2)=N1.CC1N=C(N(C)C)CC(N(C)CCc2cccc(O)c2O)=NC1C.CC1N=C(N)NC(N(C)c2ccc(Cl)cc2)=NC1C.CC1N=C(N)NC(Nc2ccc(Cl)cc2)=NC1C.CC1N=C(Nc2ccc(Cl)cc2)NC(N(C)C)=NC1C. The van der Waals surface area contributed by atoms with Gasteiger partial charge in [0.25, 0.3) is 0 Å². The third-order valence-corrected chi connectivity index (χ3v) is 22.5. The minimum absolute atomic E-state index is 0.0359. The first kappa shape index (κ1) is 108. The average Bonchev–Trinajstić information content (AvgIpc) is 1.73. The minimum atomic E-state index is -0.0774. The number of nitrogens with one attached hydrogen (secondary N) is 10. The smallest absolute Gasteiger partial charge is 0.205 e. The standard InChI is InChI=1S/C18H28N4O2.C14H20ClN5.2C13H18ClN5.2C12H16ClN5.C11H14ClN5/c1-12-13(2)20-17(11-16(19-12)21(3)4)22(5)10-9-14-7-6-8-15(23)18(14)24;1-9-10(2)17-14(20(3)4)19-13(16-9)18-12-7-5-11(15)6-8-12;1-9-8-15-13(19(2)3)18-12(16-9)17-11-6-4-10(14)5-7-11;1-8-9(2)17-13(18-12(15)16-8)19(3)11-6-4-10(14)5-7-11;1-8-7-15-11(14)17-12(16-8)18(2)10-5-3-9(13)4-6-10;1-7-8(2)16-12(18-11(14)15-7)17-10-5-3-9(13)4-6-10;1-7-6-14-10(13)17-11(15-7)16-9-4-2-8(12)3-5-9/h6-8,12-13,23-24H,9-11H2,1-5H3;5-10H,1-4H3,(H2,16,17,18,19);4-7,9H,8H2,1-3H3,(H2,15,16,17,18);4-9H,1-3H3,(H3,15,16,17,18);3-6,8H,7H2,1-2H3,(H3,14,15,16,17);3-8H,1-2H3,(H4,14,15,16,17,18);2-5,7H,6H2,1H3,(H4,13,14,15,16,17). The molecule has 7 aromatic carbocycles. The van der Waals surface area contributed by atoms with Crippen LogP contribution in [0.3, 0.4) is 0 Å². The summed E-state index contributed by atoms with van der Waals surface area (Å²) >= 11 is 35.2. The maximum absolute atomic E-state index is 9.93. The Labute approximate surface area is 823 Å². The van der Waals surface area contributed by atoms with Crippen LogP contribution in [0.2, 0.25) is 30.1 Å². The van der Waals surface area contributed by atoms with E-state index in [1.54, 1.807) is 6.07 Å². The molecule has 0 radical (unpaired) electrons. The van der Waals surface area contributed by atoms with Gasteiger partial charge in [-0.25, -0.2) is 44.9 Å². The number of guanidine groups is 12. The lowest BCUT2D eigenvalue weighted by Crippen LogP contribution is -2.45. The second-order valence-corrected chi connectivity index (χ2v) is 35.8. The summed E-state index contributed by atoms with van der Waals surface area (Å²) in [5, 5.41) is 54.8. The maximum Gasteiger partial charge on any atom is 0.205 e. The molecule has 726 valence electrons. The van der Waals surface area contributed by atoms with Crippen LogP contribution in [-0.2, 0) is 6.42 Å². The van der Waals surface area contributed by atoms with E-state index in [0.29, 0.717) is 129 Å². The van der Waals surface area contributed by atoms with Crippen LogP contribution in [0.1, 0.15) is 88.1 Å². The van der Waals surface area contributed by atoms with Gasteiger partial charge in [-0.3, -0.25) is 56.9 Å². The molecule has 14 rings (SSSR count). The van der Waals surface area contributed by atoms with E-state index in [9.17, 15) is 10.2 Å². The average molecular weight is 1970 g/mol. The van der Waals surface area contributed by atoms with E-state index in [1.807, 2.05) is 288 Å². The number of hydrogen-bond acceptors (Lipinski definition) is 36. The quantitative estimate of drug-likeness (QED) is 0.0597. The number of halogens is 6. The zero-order valence-electron chi connectivity index (χ0n) is 80.1. The molecule has 7 aliphatic rings. The summed E-state index contributed by atoms with van der Waals surface area (Å²) in [5.74, 6) is 8.95. The molecule has 0 amide bonds. The number of benzene rings is 7. The van der Waals surface area contributed by atoms with Crippen LogP contribution in [-0.4, -0.2) is 269 Å². The van der Waals surface area contributed by atoms with Gasteiger partial charge in [-0.05, 0) is 240 Å². The molecule has 0 spiro atoms. The minimum Gasteiger partial charge on any atom is -0.504 e. The van der Waals surface area contributed by atoms with Crippen LogP contribution in [0.4, 0.5) is 34.1 Å². The Morgan fingerprint density at radius 2 is 0.630 bits per heavy atom. The van der Waals surface area contributed by atoms with E-state index < -0.39 is 0 Å². The lowest BCUT2D eigenvalue weighted by atomic mass is 10.1. The molecule has 0 aliphatic carbocycles. The van der Waals surface area contributed by atoms with Gasteiger partial charge in [-0.15, -0.1) is 0 Å². The maximum atomic E-state index is 9.93. The number of nitrogens with zero attached hydrogens (tertiary/aromatic N) is 20. The predicted molar refractivity (Wildman–Crippen MR) is 570 cm³/mol. The highest BCUT2D eigenvalue weighted by atomic mass is 35.5. The van der Waals surface area contributed by atoms with Crippen LogP contribution in [0.5, 0.6) is 11.5 Å². The fourth-order valence-electron chi connectivity index (χ4n) is 12.4. The number of nitrogens with two attached hydrogens (primary N) is 4. The van der Waals surface area contributed by atoms with E-state index in [4.69, 9.17) is 103 Å². The van der Waals surface area contributed by atoms with Crippen molar-refractivity contribution < 1.29 is 10.2 Å². The van der Waals surface area contributed by atoms with Crippen LogP contribution >= 0.6 is 69.6 Å². The van der Waals surface area contributed by atoms with Crippen molar-refractivity contribution in [2.75, 3.05) is 121 Å². The van der Waals surface area contributed by atoms with Gasteiger partial charge >= 0.3 is 0 Å². The number of aliphatic imine (C=N–C) groups is 14. The van der Waals surface area contributed by atoms with Crippen LogP contribution in [0, 0.1) is 0 Å². The van der Waals surface area contributed by atoms with E-state index >= 15 is 0 Å². The molecule has 0 fully saturated rings. The molecule has 0 saturated heterocycles. The lowest BCUT2D eigenvalue weighted by molar-refractivity contribution is 0.396. The summed E-state index contributed by atoms with van der Waals surface area (Å²) in [4.78, 5) is 74.6. The number of phenols is 2. The van der Waals surface area contributed by atoms with Gasteiger partial charge in [0.15, 0.2) is 41.3 Å².